The van der Waals surface area contributed by atoms with Gasteiger partial charge in [0.1, 0.15) is 11.0 Å². The quantitative estimate of drug-likeness (QED) is 0.437. The van der Waals surface area contributed by atoms with Crippen LogP contribution in [0.15, 0.2) is 18.3 Å². The largest absolute Gasteiger partial charge is 0.283 e. The van der Waals surface area contributed by atoms with E-state index in [-0.39, 0.29) is 21.8 Å². The SMILES string of the molecule is Cc1c(F)cc2c(Cl)nccc2c1[N+](=O)[O-]. The third-order valence-corrected chi connectivity index (χ3v) is 2.66. The highest BCUT2D eigenvalue weighted by atomic mass is 35.5. The summed E-state index contributed by atoms with van der Waals surface area (Å²) in [6, 6.07) is 2.61. The van der Waals surface area contributed by atoms with Gasteiger partial charge < -0.3 is 0 Å². The van der Waals surface area contributed by atoms with Gasteiger partial charge in [0, 0.05) is 11.6 Å². The summed E-state index contributed by atoms with van der Waals surface area (Å²) >= 11 is 5.76. The number of pyridine rings is 1. The summed E-state index contributed by atoms with van der Waals surface area (Å²) in [7, 11) is 0. The van der Waals surface area contributed by atoms with Crippen LogP contribution in [0.1, 0.15) is 5.56 Å². The molecule has 6 heteroatoms. The Morgan fingerprint density at radius 3 is 2.81 bits per heavy atom. The van der Waals surface area contributed by atoms with E-state index in [1.165, 1.54) is 19.2 Å². The fourth-order valence-electron chi connectivity index (χ4n) is 1.58. The van der Waals surface area contributed by atoms with Crippen molar-refractivity contribution >= 4 is 28.1 Å². The van der Waals surface area contributed by atoms with Crippen LogP contribution in [0, 0.1) is 22.9 Å². The van der Waals surface area contributed by atoms with E-state index < -0.39 is 10.7 Å². The molecule has 0 spiro atoms. The standard InChI is InChI=1S/C10H6ClFN2O2/c1-5-8(12)4-7-6(9(5)14(15)16)2-3-13-10(7)11/h2-4H,1H3. The lowest BCUT2D eigenvalue weighted by Crippen LogP contribution is -1.97. The molecule has 0 bridgehead atoms. The van der Waals surface area contributed by atoms with Gasteiger partial charge in [0.2, 0.25) is 0 Å². The number of nitro benzene ring substituents is 1. The summed E-state index contributed by atoms with van der Waals surface area (Å²) in [5.74, 6) is -0.658. The minimum Gasteiger partial charge on any atom is -0.258 e. The Morgan fingerprint density at radius 1 is 1.50 bits per heavy atom. The zero-order valence-corrected chi connectivity index (χ0v) is 8.95. The van der Waals surface area contributed by atoms with E-state index in [1.54, 1.807) is 0 Å². The van der Waals surface area contributed by atoms with E-state index in [0.29, 0.717) is 5.39 Å². The first-order valence-electron chi connectivity index (χ1n) is 4.40. The van der Waals surface area contributed by atoms with Crippen molar-refractivity contribution in [1.82, 2.24) is 4.98 Å². The minimum atomic E-state index is -0.658. The molecule has 4 nitrogen and oxygen atoms in total. The van der Waals surface area contributed by atoms with Gasteiger partial charge in [-0.25, -0.2) is 9.37 Å². The zero-order valence-electron chi connectivity index (χ0n) is 8.20. The molecule has 1 aromatic carbocycles. The number of nitro groups is 1. The molecule has 0 aliphatic rings. The first-order chi connectivity index (χ1) is 7.52. The summed E-state index contributed by atoms with van der Waals surface area (Å²) in [4.78, 5) is 14.0. The monoisotopic (exact) mass is 240 g/mol. The highest BCUT2D eigenvalue weighted by Gasteiger charge is 2.20. The Hall–Kier alpha value is -1.75. The maximum atomic E-state index is 13.5. The van der Waals surface area contributed by atoms with Gasteiger partial charge in [0.15, 0.2) is 0 Å². The first kappa shape index (κ1) is 10.8. The van der Waals surface area contributed by atoms with Crippen molar-refractivity contribution < 1.29 is 9.31 Å². The van der Waals surface area contributed by atoms with Crippen molar-refractivity contribution in [3.63, 3.8) is 0 Å². The Morgan fingerprint density at radius 2 is 2.19 bits per heavy atom. The number of hydrogen-bond acceptors (Lipinski definition) is 3. The molecule has 2 aromatic rings. The van der Waals surface area contributed by atoms with Crippen molar-refractivity contribution in [2.45, 2.75) is 6.92 Å². The van der Waals surface area contributed by atoms with Gasteiger partial charge in [0.25, 0.3) is 5.69 Å². The van der Waals surface area contributed by atoms with Crippen molar-refractivity contribution in [1.29, 1.82) is 0 Å². The molecule has 1 heterocycles. The van der Waals surface area contributed by atoms with Crippen LogP contribution in [0.4, 0.5) is 10.1 Å². The molecule has 16 heavy (non-hydrogen) atoms. The molecule has 2 rings (SSSR count). The highest BCUT2D eigenvalue weighted by Crippen LogP contribution is 2.33. The van der Waals surface area contributed by atoms with Gasteiger partial charge in [-0.15, -0.1) is 0 Å². The predicted octanol–water partition coefficient (Wildman–Crippen LogP) is 3.24. The number of halogens is 2. The van der Waals surface area contributed by atoms with Crippen molar-refractivity contribution in [2.24, 2.45) is 0 Å². The lowest BCUT2D eigenvalue weighted by molar-refractivity contribution is -0.383. The Labute approximate surface area is 94.8 Å². The normalized spacial score (nSPS) is 10.7. The Kier molecular flexibility index (Phi) is 2.47. The number of aromatic nitrogens is 1. The van der Waals surface area contributed by atoms with Crippen LogP contribution in [0.25, 0.3) is 10.8 Å². The third kappa shape index (κ3) is 1.49. The second-order valence-corrected chi connectivity index (χ2v) is 3.64. The molecule has 0 radical (unpaired) electrons. The third-order valence-electron chi connectivity index (χ3n) is 2.36. The number of rotatable bonds is 1. The van der Waals surface area contributed by atoms with E-state index in [9.17, 15) is 14.5 Å². The predicted molar refractivity (Wildman–Crippen MR) is 58.1 cm³/mol. The Bertz CT molecular complexity index is 601. The highest BCUT2D eigenvalue weighted by molar-refractivity contribution is 6.34. The molecule has 0 aliphatic heterocycles. The molecule has 1 aromatic heterocycles. The van der Waals surface area contributed by atoms with Crippen LogP contribution in [0.5, 0.6) is 0 Å². The molecule has 0 saturated heterocycles. The molecule has 0 N–H and O–H groups in total. The number of fused-ring (bicyclic) bond motifs is 1. The van der Waals surface area contributed by atoms with Crippen LogP contribution < -0.4 is 0 Å². The molecule has 0 aliphatic carbocycles. The van der Waals surface area contributed by atoms with Gasteiger partial charge in [-0.3, -0.25) is 10.1 Å². The summed E-state index contributed by atoms with van der Waals surface area (Å²) in [6.07, 6.45) is 1.36. The van der Waals surface area contributed by atoms with Gasteiger partial charge in [-0.2, -0.15) is 0 Å². The van der Waals surface area contributed by atoms with E-state index in [2.05, 4.69) is 4.98 Å². The van der Waals surface area contributed by atoms with Crippen LogP contribution in [-0.2, 0) is 0 Å². The van der Waals surface area contributed by atoms with E-state index in [0.717, 1.165) is 6.07 Å². The van der Waals surface area contributed by atoms with Crippen LogP contribution in [0.2, 0.25) is 5.15 Å². The van der Waals surface area contributed by atoms with Crippen molar-refractivity contribution in [2.75, 3.05) is 0 Å². The summed E-state index contributed by atoms with van der Waals surface area (Å²) in [5.41, 5.74) is -0.265. The van der Waals surface area contributed by atoms with Crippen LogP contribution in [-0.4, -0.2) is 9.91 Å². The van der Waals surface area contributed by atoms with E-state index >= 15 is 0 Å². The van der Waals surface area contributed by atoms with Crippen molar-refractivity contribution in [3.05, 3.63) is 45.0 Å². The first-order valence-corrected chi connectivity index (χ1v) is 4.78. The maximum Gasteiger partial charge on any atom is 0.283 e. The second-order valence-electron chi connectivity index (χ2n) is 3.29. The topological polar surface area (TPSA) is 56.0 Å². The van der Waals surface area contributed by atoms with Crippen LogP contribution in [0.3, 0.4) is 0 Å². The lowest BCUT2D eigenvalue weighted by atomic mass is 10.1. The maximum absolute atomic E-state index is 13.5. The van der Waals surface area contributed by atoms with Crippen LogP contribution >= 0.6 is 11.6 Å². The van der Waals surface area contributed by atoms with Gasteiger partial charge >= 0.3 is 0 Å². The fraction of sp³-hybridized carbons (Fsp3) is 0.100. The van der Waals surface area contributed by atoms with E-state index in [4.69, 9.17) is 11.6 Å². The molecule has 82 valence electrons. The molecular formula is C10H6ClFN2O2. The second kappa shape index (κ2) is 3.68. The van der Waals surface area contributed by atoms with Gasteiger partial charge in [-0.05, 0) is 19.1 Å². The smallest absolute Gasteiger partial charge is 0.258 e. The molecule has 0 amide bonds. The number of nitrogens with zero attached hydrogens (tertiary/aromatic N) is 2. The molecule has 0 fully saturated rings. The summed E-state index contributed by atoms with van der Waals surface area (Å²) < 4.78 is 13.5. The van der Waals surface area contributed by atoms with E-state index in [1.807, 2.05) is 0 Å². The minimum absolute atomic E-state index is 0.000216. The summed E-state index contributed by atoms with van der Waals surface area (Å²) in [5, 5.41) is 11.5. The Balaban J connectivity index is 3.00. The molecule has 0 saturated carbocycles. The molecule has 0 atom stereocenters. The fourth-order valence-corrected chi connectivity index (χ4v) is 1.79. The van der Waals surface area contributed by atoms with Gasteiger partial charge in [-0.1, -0.05) is 11.6 Å². The molecular weight excluding hydrogens is 235 g/mol. The number of benzene rings is 1. The summed E-state index contributed by atoms with van der Waals surface area (Å²) in [6.45, 7) is 1.36. The van der Waals surface area contributed by atoms with Crippen molar-refractivity contribution in [3.8, 4) is 0 Å². The average Bonchev–Trinajstić information content (AvgIpc) is 2.21. The lowest BCUT2D eigenvalue weighted by Gasteiger charge is -2.04. The van der Waals surface area contributed by atoms with Gasteiger partial charge in [0.05, 0.1) is 15.9 Å². The number of hydrogen-bond donors (Lipinski definition) is 0. The average molecular weight is 241 g/mol. The zero-order chi connectivity index (χ0) is 11.9. The molecule has 0 unspecified atom stereocenters.